The molecule has 1 aliphatic heterocycles. The highest BCUT2D eigenvalue weighted by atomic mass is 32.2. The molecule has 0 saturated carbocycles. The molecule has 21 heavy (non-hydrogen) atoms. The molecule has 0 radical (unpaired) electrons. The Morgan fingerprint density at radius 2 is 2.14 bits per heavy atom. The lowest BCUT2D eigenvalue weighted by Crippen LogP contribution is -2.44. The molecule has 2 amide bonds. The molecule has 1 atom stereocenters. The van der Waals surface area contributed by atoms with Crippen LogP contribution in [-0.2, 0) is 4.74 Å². The van der Waals surface area contributed by atoms with Gasteiger partial charge in [0, 0.05) is 30.8 Å². The van der Waals surface area contributed by atoms with Crippen molar-refractivity contribution < 1.29 is 18.3 Å². The lowest BCUT2D eigenvalue weighted by molar-refractivity contribution is 0.0458. The number of piperidine rings is 1. The summed E-state index contributed by atoms with van der Waals surface area (Å²) in [7, 11) is 1.64. The first kappa shape index (κ1) is 16.0. The van der Waals surface area contributed by atoms with E-state index in [1.807, 2.05) is 0 Å². The van der Waals surface area contributed by atoms with Crippen LogP contribution in [-0.4, -0.2) is 43.0 Å². The summed E-state index contributed by atoms with van der Waals surface area (Å²) in [5, 5.41) is 2.77. The third-order valence-corrected chi connectivity index (χ3v) is 4.05. The molecule has 4 nitrogen and oxygen atoms in total. The second-order valence-corrected chi connectivity index (χ2v) is 5.84. The number of nitrogens with zero attached hydrogens (tertiary/aromatic N) is 1. The van der Waals surface area contributed by atoms with Crippen LogP contribution in [0.3, 0.4) is 0 Å². The molecule has 1 fully saturated rings. The summed E-state index contributed by atoms with van der Waals surface area (Å²) in [6, 6.07) is 6.20. The lowest BCUT2D eigenvalue weighted by atomic mass is 10.1. The summed E-state index contributed by atoms with van der Waals surface area (Å²) < 4.78 is 29.7. The topological polar surface area (TPSA) is 41.6 Å². The Bertz CT molecular complexity index is 471. The number of thioether (sulfide) groups is 1. The van der Waals surface area contributed by atoms with Gasteiger partial charge in [0.05, 0.1) is 6.10 Å². The van der Waals surface area contributed by atoms with Gasteiger partial charge < -0.3 is 15.0 Å². The molecule has 1 aromatic carbocycles. The minimum absolute atomic E-state index is 0.0781. The summed E-state index contributed by atoms with van der Waals surface area (Å²) in [4.78, 5) is 14.3. The second kappa shape index (κ2) is 7.61. The van der Waals surface area contributed by atoms with Crippen molar-refractivity contribution in [3.8, 4) is 0 Å². The molecule has 1 aromatic rings. The SMILES string of the molecule is COC1CCCN(C(=O)Nc2ccc(SC(F)F)cc2)C1. The van der Waals surface area contributed by atoms with Crippen LogP contribution < -0.4 is 5.32 Å². The van der Waals surface area contributed by atoms with Gasteiger partial charge in [0.25, 0.3) is 5.76 Å². The van der Waals surface area contributed by atoms with Crippen LogP contribution in [0, 0.1) is 0 Å². The van der Waals surface area contributed by atoms with Crippen LogP contribution in [0.15, 0.2) is 29.2 Å². The van der Waals surface area contributed by atoms with Crippen LogP contribution in [0.5, 0.6) is 0 Å². The molecule has 1 unspecified atom stereocenters. The van der Waals surface area contributed by atoms with Crippen molar-refractivity contribution in [3.05, 3.63) is 24.3 Å². The van der Waals surface area contributed by atoms with Crippen LogP contribution in [0.2, 0.25) is 0 Å². The Morgan fingerprint density at radius 3 is 2.76 bits per heavy atom. The Hall–Kier alpha value is -1.34. The first-order valence-electron chi connectivity index (χ1n) is 6.72. The summed E-state index contributed by atoms with van der Waals surface area (Å²) in [5.74, 6) is -2.44. The van der Waals surface area contributed by atoms with Crippen LogP contribution in [0.25, 0.3) is 0 Å². The van der Waals surface area contributed by atoms with Gasteiger partial charge in [-0.2, -0.15) is 8.78 Å². The van der Waals surface area contributed by atoms with Gasteiger partial charge in [-0.3, -0.25) is 0 Å². The average molecular weight is 316 g/mol. The van der Waals surface area contributed by atoms with E-state index in [4.69, 9.17) is 4.74 Å². The van der Waals surface area contributed by atoms with E-state index in [2.05, 4.69) is 5.32 Å². The second-order valence-electron chi connectivity index (χ2n) is 4.78. The number of carbonyl (C=O) groups is 1. The highest BCUT2D eigenvalue weighted by Gasteiger charge is 2.23. The molecule has 116 valence electrons. The van der Waals surface area contributed by atoms with E-state index in [-0.39, 0.29) is 12.1 Å². The number of likely N-dealkylation sites (tertiary alicyclic amines) is 1. The zero-order valence-corrected chi connectivity index (χ0v) is 12.5. The van der Waals surface area contributed by atoms with Crippen molar-refractivity contribution in [2.75, 3.05) is 25.5 Å². The molecule has 7 heteroatoms. The monoisotopic (exact) mass is 316 g/mol. The third kappa shape index (κ3) is 4.86. The van der Waals surface area contributed by atoms with Gasteiger partial charge in [-0.05, 0) is 37.1 Å². The Morgan fingerprint density at radius 1 is 1.43 bits per heavy atom. The molecular formula is C14H18F2N2O2S. The van der Waals surface area contributed by atoms with Gasteiger partial charge in [-0.25, -0.2) is 4.79 Å². The zero-order valence-electron chi connectivity index (χ0n) is 11.7. The molecule has 0 bridgehead atoms. The normalized spacial score (nSPS) is 18.9. The molecule has 0 aromatic heterocycles. The smallest absolute Gasteiger partial charge is 0.321 e. The summed E-state index contributed by atoms with van der Waals surface area (Å²) >= 11 is 0.484. The van der Waals surface area contributed by atoms with Gasteiger partial charge in [0.1, 0.15) is 0 Å². The van der Waals surface area contributed by atoms with Crippen LogP contribution in [0.4, 0.5) is 19.3 Å². The predicted octanol–water partition coefficient (Wildman–Crippen LogP) is 3.64. The number of alkyl halides is 2. The van der Waals surface area contributed by atoms with E-state index in [1.165, 1.54) is 0 Å². The predicted molar refractivity (Wildman–Crippen MR) is 78.9 cm³/mol. The number of amides is 2. The highest BCUT2D eigenvalue weighted by molar-refractivity contribution is 7.99. The number of ether oxygens (including phenoxy) is 1. The van der Waals surface area contributed by atoms with Crippen molar-refractivity contribution in [2.24, 2.45) is 0 Å². The summed E-state index contributed by atoms with van der Waals surface area (Å²) in [6.07, 6.45) is 1.95. The standard InChI is InChI=1S/C14H18F2N2O2S/c1-20-11-3-2-8-18(9-11)14(19)17-10-4-6-12(7-5-10)21-13(15)16/h4-7,11,13H,2-3,8-9H2,1H3,(H,17,19). The molecule has 0 aliphatic carbocycles. The molecule has 0 spiro atoms. The first-order chi connectivity index (χ1) is 10.1. The quantitative estimate of drug-likeness (QED) is 0.862. The average Bonchev–Trinajstić information content (AvgIpc) is 2.49. The minimum Gasteiger partial charge on any atom is -0.380 e. The van der Waals surface area contributed by atoms with Gasteiger partial charge in [0.2, 0.25) is 0 Å². The number of nitrogens with one attached hydrogen (secondary N) is 1. The number of methoxy groups -OCH3 is 1. The highest BCUT2D eigenvalue weighted by Crippen LogP contribution is 2.26. The molecular weight excluding hydrogens is 298 g/mol. The van der Waals surface area contributed by atoms with Crippen molar-refractivity contribution in [1.82, 2.24) is 4.90 Å². The number of rotatable bonds is 4. The minimum atomic E-state index is -2.44. The van der Waals surface area contributed by atoms with Gasteiger partial charge in [0.15, 0.2) is 0 Å². The van der Waals surface area contributed by atoms with Gasteiger partial charge in [-0.1, -0.05) is 11.8 Å². The number of urea groups is 1. The Kier molecular flexibility index (Phi) is 5.81. The number of benzene rings is 1. The number of carbonyl (C=O) groups excluding carboxylic acids is 1. The molecule has 1 heterocycles. The van der Waals surface area contributed by atoms with Crippen molar-refractivity contribution >= 4 is 23.5 Å². The molecule has 1 N–H and O–H groups in total. The van der Waals surface area contributed by atoms with Gasteiger partial charge in [-0.15, -0.1) is 0 Å². The van der Waals surface area contributed by atoms with Crippen LogP contribution in [0.1, 0.15) is 12.8 Å². The van der Waals surface area contributed by atoms with E-state index in [0.29, 0.717) is 35.4 Å². The number of hydrogen-bond donors (Lipinski definition) is 1. The molecule has 1 aliphatic rings. The maximum Gasteiger partial charge on any atom is 0.321 e. The maximum absolute atomic E-state index is 12.2. The van der Waals surface area contributed by atoms with E-state index < -0.39 is 5.76 Å². The lowest BCUT2D eigenvalue weighted by Gasteiger charge is -2.31. The molecule has 1 saturated heterocycles. The Labute approximate surface area is 126 Å². The number of anilines is 1. The largest absolute Gasteiger partial charge is 0.380 e. The fourth-order valence-electron chi connectivity index (χ4n) is 2.24. The number of hydrogen-bond acceptors (Lipinski definition) is 3. The van der Waals surface area contributed by atoms with E-state index in [1.54, 1.807) is 36.3 Å². The van der Waals surface area contributed by atoms with Crippen molar-refractivity contribution in [3.63, 3.8) is 0 Å². The summed E-state index contributed by atoms with van der Waals surface area (Å²) in [6.45, 7) is 1.27. The first-order valence-corrected chi connectivity index (χ1v) is 7.60. The maximum atomic E-state index is 12.2. The third-order valence-electron chi connectivity index (χ3n) is 3.33. The fourth-order valence-corrected chi connectivity index (χ4v) is 2.74. The van der Waals surface area contributed by atoms with E-state index in [9.17, 15) is 13.6 Å². The summed E-state index contributed by atoms with van der Waals surface area (Å²) in [5.41, 5.74) is 0.596. The number of halogens is 2. The van der Waals surface area contributed by atoms with Crippen LogP contribution >= 0.6 is 11.8 Å². The van der Waals surface area contributed by atoms with Crippen molar-refractivity contribution in [1.29, 1.82) is 0 Å². The van der Waals surface area contributed by atoms with Crippen molar-refractivity contribution in [2.45, 2.75) is 29.6 Å². The van der Waals surface area contributed by atoms with E-state index >= 15 is 0 Å². The van der Waals surface area contributed by atoms with E-state index in [0.717, 1.165) is 12.8 Å². The zero-order chi connectivity index (χ0) is 15.2. The van der Waals surface area contributed by atoms with Gasteiger partial charge >= 0.3 is 6.03 Å². The fraction of sp³-hybridized carbons (Fsp3) is 0.500. The molecule has 2 rings (SSSR count). The Balaban J connectivity index is 1.90.